The highest BCUT2D eigenvalue weighted by Crippen LogP contribution is 2.03. The first-order chi connectivity index (χ1) is 7.74. The van der Waals surface area contributed by atoms with E-state index in [0.717, 1.165) is 19.3 Å². The van der Waals surface area contributed by atoms with Crippen LogP contribution in [0.15, 0.2) is 30.3 Å². The molecule has 1 rings (SSSR count). The van der Waals surface area contributed by atoms with E-state index in [1.165, 1.54) is 5.56 Å². The lowest BCUT2D eigenvalue weighted by molar-refractivity contribution is -0.120. The Labute approximate surface area is 97.0 Å². The number of carbonyl (C=O) groups is 1. The lowest BCUT2D eigenvalue weighted by Crippen LogP contribution is -2.40. The van der Waals surface area contributed by atoms with Crippen LogP contribution in [0.25, 0.3) is 0 Å². The minimum Gasteiger partial charge on any atom is -0.368 e. The summed E-state index contributed by atoms with van der Waals surface area (Å²) in [4.78, 5) is 11.2. The van der Waals surface area contributed by atoms with Crippen molar-refractivity contribution >= 4 is 5.91 Å². The molecule has 1 amide bonds. The maximum Gasteiger partial charge on any atom is 0.234 e. The molecule has 3 heteroatoms. The molecule has 0 saturated heterocycles. The predicted molar refractivity (Wildman–Crippen MR) is 65.8 cm³/mol. The molecular formula is C13H20N2O. The van der Waals surface area contributed by atoms with Crippen molar-refractivity contribution in [3.63, 3.8) is 0 Å². The molecule has 16 heavy (non-hydrogen) atoms. The van der Waals surface area contributed by atoms with Crippen LogP contribution in [-0.4, -0.2) is 11.9 Å². The van der Waals surface area contributed by atoms with Gasteiger partial charge in [-0.15, -0.1) is 0 Å². The molecule has 1 atom stereocenters. The number of unbranched alkanes of at least 4 members (excludes halogenated alkanes) is 1. The number of amides is 1. The normalized spacial score (nSPS) is 12.3. The summed E-state index contributed by atoms with van der Waals surface area (Å²) < 4.78 is 0. The summed E-state index contributed by atoms with van der Waals surface area (Å²) in [5.74, 6) is -0.260. The van der Waals surface area contributed by atoms with Gasteiger partial charge >= 0.3 is 0 Å². The van der Waals surface area contributed by atoms with E-state index in [-0.39, 0.29) is 11.9 Å². The van der Waals surface area contributed by atoms with E-state index in [1.807, 2.05) is 30.3 Å². The molecule has 1 unspecified atom stereocenters. The molecule has 88 valence electrons. The molecule has 0 bridgehead atoms. The zero-order valence-corrected chi connectivity index (χ0v) is 9.78. The molecule has 1 aromatic rings. The van der Waals surface area contributed by atoms with Gasteiger partial charge in [-0.25, -0.2) is 0 Å². The second-order valence-electron chi connectivity index (χ2n) is 3.96. The number of nitrogens with two attached hydrogens (primary N) is 1. The Morgan fingerprint density at radius 2 is 2.06 bits per heavy atom. The third-order valence-corrected chi connectivity index (χ3v) is 2.59. The number of carbonyl (C=O) groups excluding carboxylic acids is 1. The number of primary amides is 1. The van der Waals surface area contributed by atoms with Crippen molar-refractivity contribution in [2.75, 3.05) is 0 Å². The summed E-state index contributed by atoms with van der Waals surface area (Å²) in [7, 11) is 0. The summed E-state index contributed by atoms with van der Waals surface area (Å²) in [5.41, 5.74) is 6.51. The van der Waals surface area contributed by atoms with E-state index in [0.29, 0.717) is 6.54 Å². The molecule has 0 aromatic heterocycles. The molecule has 0 aliphatic heterocycles. The third-order valence-electron chi connectivity index (χ3n) is 2.59. The molecular weight excluding hydrogens is 200 g/mol. The Kier molecular flexibility index (Phi) is 5.57. The quantitative estimate of drug-likeness (QED) is 0.736. The van der Waals surface area contributed by atoms with Gasteiger partial charge in [0.05, 0.1) is 6.04 Å². The van der Waals surface area contributed by atoms with Crippen LogP contribution in [0.5, 0.6) is 0 Å². The summed E-state index contributed by atoms with van der Waals surface area (Å²) >= 11 is 0. The van der Waals surface area contributed by atoms with Gasteiger partial charge < -0.3 is 11.1 Å². The molecule has 0 aliphatic rings. The molecule has 0 saturated carbocycles. The molecule has 0 radical (unpaired) electrons. The summed E-state index contributed by atoms with van der Waals surface area (Å²) in [6.45, 7) is 2.80. The highest BCUT2D eigenvalue weighted by atomic mass is 16.1. The van der Waals surface area contributed by atoms with Crippen molar-refractivity contribution < 1.29 is 4.79 Å². The van der Waals surface area contributed by atoms with Crippen molar-refractivity contribution in [2.45, 2.75) is 38.8 Å². The van der Waals surface area contributed by atoms with E-state index in [2.05, 4.69) is 12.2 Å². The molecule has 0 aliphatic carbocycles. The van der Waals surface area contributed by atoms with Gasteiger partial charge in [-0.3, -0.25) is 4.79 Å². The van der Waals surface area contributed by atoms with Crippen LogP contribution < -0.4 is 11.1 Å². The maximum atomic E-state index is 11.2. The smallest absolute Gasteiger partial charge is 0.234 e. The average molecular weight is 220 g/mol. The second-order valence-corrected chi connectivity index (χ2v) is 3.96. The van der Waals surface area contributed by atoms with E-state index < -0.39 is 0 Å². The Bertz CT molecular complexity index is 311. The number of nitrogens with one attached hydrogen (secondary N) is 1. The minimum absolute atomic E-state index is 0.208. The highest BCUT2D eigenvalue weighted by Gasteiger charge is 2.13. The van der Waals surface area contributed by atoms with Gasteiger partial charge in [0.15, 0.2) is 0 Å². The van der Waals surface area contributed by atoms with Crippen LogP contribution >= 0.6 is 0 Å². The number of rotatable bonds is 7. The Morgan fingerprint density at radius 1 is 1.38 bits per heavy atom. The largest absolute Gasteiger partial charge is 0.368 e. The first-order valence-electron chi connectivity index (χ1n) is 5.80. The molecule has 0 spiro atoms. The number of hydrogen-bond donors (Lipinski definition) is 2. The lowest BCUT2D eigenvalue weighted by Gasteiger charge is -2.14. The van der Waals surface area contributed by atoms with Crippen molar-refractivity contribution in [3.8, 4) is 0 Å². The fourth-order valence-electron chi connectivity index (χ4n) is 1.59. The van der Waals surface area contributed by atoms with Crippen LogP contribution in [0.1, 0.15) is 31.7 Å². The SMILES string of the molecule is CCCCC(NCc1ccccc1)C(N)=O. The van der Waals surface area contributed by atoms with Crippen molar-refractivity contribution in [2.24, 2.45) is 5.73 Å². The van der Waals surface area contributed by atoms with Gasteiger partial charge in [-0.2, -0.15) is 0 Å². The fourth-order valence-corrected chi connectivity index (χ4v) is 1.59. The van der Waals surface area contributed by atoms with Gasteiger partial charge in [0.2, 0.25) is 5.91 Å². The summed E-state index contributed by atoms with van der Waals surface area (Å²) in [6, 6.07) is 9.81. The van der Waals surface area contributed by atoms with E-state index in [9.17, 15) is 4.79 Å². The number of hydrogen-bond acceptors (Lipinski definition) is 2. The van der Waals surface area contributed by atoms with Crippen LogP contribution in [0.2, 0.25) is 0 Å². The second kappa shape index (κ2) is 7.01. The van der Waals surface area contributed by atoms with Gasteiger partial charge in [-0.05, 0) is 12.0 Å². The Hall–Kier alpha value is -1.35. The lowest BCUT2D eigenvalue weighted by atomic mass is 10.1. The first-order valence-corrected chi connectivity index (χ1v) is 5.80. The maximum absolute atomic E-state index is 11.2. The van der Waals surface area contributed by atoms with Crippen molar-refractivity contribution in [3.05, 3.63) is 35.9 Å². The van der Waals surface area contributed by atoms with Gasteiger partial charge in [0.25, 0.3) is 0 Å². The summed E-state index contributed by atoms with van der Waals surface area (Å²) in [5, 5.41) is 3.20. The standard InChI is InChI=1S/C13H20N2O/c1-2-3-9-12(13(14)16)15-10-11-7-5-4-6-8-11/h4-8,12,15H,2-3,9-10H2,1H3,(H2,14,16). The Balaban J connectivity index is 2.41. The average Bonchev–Trinajstić information content (AvgIpc) is 2.30. The number of benzene rings is 1. The fraction of sp³-hybridized carbons (Fsp3) is 0.462. The van der Waals surface area contributed by atoms with Crippen LogP contribution in [0.4, 0.5) is 0 Å². The van der Waals surface area contributed by atoms with Crippen molar-refractivity contribution in [1.29, 1.82) is 0 Å². The van der Waals surface area contributed by atoms with E-state index in [1.54, 1.807) is 0 Å². The van der Waals surface area contributed by atoms with Crippen molar-refractivity contribution in [1.82, 2.24) is 5.32 Å². The van der Waals surface area contributed by atoms with Crippen LogP contribution in [0, 0.1) is 0 Å². The molecule has 3 nitrogen and oxygen atoms in total. The highest BCUT2D eigenvalue weighted by molar-refractivity contribution is 5.79. The first kappa shape index (κ1) is 12.7. The van der Waals surface area contributed by atoms with Crippen LogP contribution in [-0.2, 0) is 11.3 Å². The van der Waals surface area contributed by atoms with E-state index in [4.69, 9.17) is 5.73 Å². The minimum atomic E-state index is -0.260. The van der Waals surface area contributed by atoms with Crippen LogP contribution in [0.3, 0.4) is 0 Å². The summed E-state index contributed by atoms with van der Waals surface area (Å²) in [6.07, 6.45) is 2.92. The predicted octanol–water partition coefficient (Wildman–Crippen LogP) is 1.82. The molecule has 0 fully saturated rings. The molecule has 0 heterocycles. The topological polar surface area (TPSA) is 55.1 Å². The van der Waals surface area contributed by atoms with Gasteiger partial charge in [-0.1, -0.05) is 50.1 Å². The van der Waals surface area contributed by atoms with Gasteiger partial charge in [0, 0.05) is 6.54 Å². The monoisotopic (exact) mass is 220 g/mol. The zero-order valence-electron chi connectivity index (χ0n) is 9.78. The molecule has 3 N–H and O–H groups in total. The Morgan fingerprint density at radius 3 is 2.62 bits per heavy atom. The van der Waals surface area contributed by atoms with E-state index >= 15 is 0 Å². The van der Waals surface area contributed by atoms with Gasteiger partial charge in [0.1, 0.15) is 0 Å². The third kappa shape index (κ3) is 4.45. The zero-order chi connectivity index (χ0) is 11.8. The molecule has 1 aromatic carbocycles.